The lowest BCUT2D eigenvalue weighted by atomic mass is 9.96. The monoisotopic (exact) mass is 484 g/mol. The Kier molecular flexibility index (Phi) is 5.16. The summed E-state index contributed by atoms with van der Waals surface area (Å²) in [5.74, 6) is -1.55. The molecule has 0 unspecified atom stereocenters. The molecule has 6 rings (SSSR count). The zero-order valence-corrected chi connectivity index (χ0v) is 19.8. The van der Waals surface area contributed by atoms with Crippen molar-refractivity contribution in [1.29, 1.82) is 0 Å². The summed E-state index contributed by atoms with van der Waals surface area (Å²) in [6.45, 7) is 1.42. The van der Waals surface area contributed by atoms with Crippen molar-refractivity contribution >= 4 is 51.1 Å². The number of aromatic nitrogens is 1. The minimum atomic E-state index is -1.02. The number of allylic oxidation sites excluding steroid dienone is 1. The molecule has 1 aliphatic heterocycles. The maximum atomic E-state index is 13.2. The number of hydrogen-bond donors (Lipinski definition) is 1. The Balaban J connectivity index is 1.59. The van der Waals surface area contributed by atoms with Gasteiger partial charge in [0.2, 0.25) is 11.7 Å². The highest BCUT2D eigenvalue weighted by atomic mass is 16.4. The second kappa shape index (κ2) is 8.53. The van der Waals surface area contributed by atoms with E-state index >= 15 is 0 Å². The number of fused-ring (bicyclic) bond motifs is 3. The molecule has 6 nitrogen and oxygen atoms in total. The lowest BCUT2D eigenvalue weighted by molar-refractivity contribution is -0.116. The van der Waals surface area contributed by atoms with E-state index in [2.05, 4.69) is 0 Å². The predicted molar refractivity (Wildman–Crippen MR) is 144 cm³/mol. The van der Waals surface area contributed by atoms with Gasteiger partial charge in [-0.2, -0.15) is 0 Å². The maximum absolute atomic E-state index is 13.2. The lowest BCUT2D eigenvalue weighted by Crippen LogP contribution is -2.25. The Hall–Kier alpha value is -5.10. The van der Waals surface area contributed by atoms with Gasteiger partial charge >= 0.3 is 5.97 Å². The van der Waals surface area contributed by atoms with Crippen LogP contribution in [0.5, 0.6) is 0 Å². The Bertz CT molecular complexity index is 1820. The van der Waals surface area contributed by atoms with Crippen molar-refractivity contribution in [3.63, 3.8) is 0 Å². The molecule has 1 N–H and O–H groups in total. The number of hydrogen-bond acceptors (Lipinski definition) is 4. The van der Waals surface area contributed by atoms with Crippen molar-refractivity contribution in [2.45, 2.75) is 6.92 Å². The molecule has 0 spiro atoms. The number of amides is 1. The number of carboxylic acids is 1. The average Bonchev–Trinajstić information content (AvgIpc) is 3.19. The minimum absolute atomic E-state index is 0.159. The number of carbonyl (C=O) groups excluding carboxylic acids is 2. The van der Waals surface area contributed by atoms with E-state index in [1.807, 2.05) is 48.5 Å². The van der Waals surface area contributed by atoms with E-state index in [0.717, 1.165) is 21.9 Å². The van der Waals surface area contributed by atoms with Crippen LogP contribution in [0.4, 0.5) is 5.69 Å². The fourth-order valence-electron chi connectivity index (χ4n) is 4.89. The number of benzene rings is 4. The largest absolute Gasteiger partial charge is 0.478 e. The number of aromatic carboxylic acids is 1. The summed E-state index contributed by atoms with van der Waals surface area (Å²) in [7, 11) is 0. The van der Waals surface area contributed by atoms with Gasteiger partial charge in [0.05, 0.1) is 28.2 Å². The number of carbonyl (C=O) groups is 3. The van der Waals surface area contributed by atoms with Crippen molar-refractivity contribution in [3.8, 4) is 11.1 Å². The molecule has 4 aromatic carbocycles. The Labute approximate surface area is 212 Å². The summed E-state index contributed by atoms with van der Waals surface area (Å²) in [5, 5.41) is 12.4. The first kappa shape index (κ1) is 22.4. The quantitative estimate of drug-likeness (QED) is 0.302. The summed E-state index contributed by atoms with van der Waals surface area (Å²) < 4.78 is 0. The van der Waals surface area contributed by atoms with Crippen molar-refractivity contribution in [2.24, 2.45) is 0 Å². The van der Waals surface area contributed by atoms with Crippen LogP contribution < -0.4 is 4.90 Å². The molecule has 6 heteroatoms. The number of nitrogens with zero attached hydrogens (tertiary/aromatic N) is 2. The second-order valence-corrected chi connectivity index (χ2v) is 8.92. The molecule has 0 bridgehead atoms. The molecule has 178 valence electrons. The topological polar surface area (TPSA) is 87.6 Å². The number of Topliss-reactive ketones (excluding diaryl/α,β-unsaturated/α-hetero) is 1. The number of anilines is 1. The van der Waals surface area contributed by atoms with Crippen molar-refractivity contribution in [2.75, 3.05) is 4.90 Å². The summed E-state index contributed by atoms with van der Waals surface area (Å²) in [5.41, 5.74) is 4.14. The van der Waals surface area contributed by atoms with Gasteiger partial charge in [-0.1, -0.05) is 48.5 Å². The van der Waals surface area contributed by atoms with Gasteiger partial charge < -0.3 is 5.11 Å². The molecule has 0 saturated heterocycles. The Morgan fingerprint density at radius 3 is 2.38 bits per heavy atom. The number of carboxylic acid groups (broad SMARTS) is 1. The summed E-state index contributed by atoms with van der Waals surface area (Å²) >= 11 is 0. The van der Waals surface area contributed by atoms with Crippen molar-refractivity contribution < 1.29 is 19.5 Å². The number of rotatable bonds is 3. The molecular weight excluding hydrogens is 464 g/mol. The van der Waals surface area contributed by atoms with Gasteiger partial charge in [0.15, 0.2) is 0 Å². The molecule has 1 amide bonds. The Morgan fingerprint density at radius 2 is 1.59 bits per heavy atom. The SMILES string of the molecule is CC(=O)N1/C(=C/c2cc(-c3ccc4ccccc4c3)c3cc(C(=O)O)ccc3n2)C(=O)c2ccccc21. The fraction of sp³-hybridized carbons (Fsp3) is 0.0323. The molecule has 0 atom stereocenters. The maximum Gasteiger partial charge on any atom is 0.335 e. The molecule has 2 heterocycles. The van der Waals surface area contributed by atoms with Gasteiger partial charge in [-0.15, -0.1) is 0 Å². The van der Waals surface area contributed by atoms with E-state index < -0.39 is 5.97 Å². The van der Waals surface area contributed by atoms with Crippen LogP contribution in [-0.2, 0) is 4.79 Å². The standard InChI is InChI=1S/C31H20N2O4/c1-18(34)33-28-9-5-4-8-24(28)30(35)29(33)17-23-16-25(21-11-10-19-6-2-3-7-20(19)14-21)26-15-22(31(36)37)12-13-27(26)32-23/h2-17H,1H3,(H,36,37)/b29-17+. The van der Waals surface area contributed by atoms with E-state index in [0.29, 0.717) is 27.8 Å². The number of pyridine rings is 1. The van der Waals surface area contributed by atoms with Gasteiger partial charge in [0.25, 0.3) is 0 Å². The summed E-state index contributed by atoms with van der Waals surface area (Å²) in [6.07, 6.45) is 1.62. The van der Waals surface area contributed by atoms with Gasteiger partial charge in [0, 0.05) is 17.9 Å². The Morgan fingerprint density at radius 1 is 0.838 bits per heavy atom. The average molecular weight is 485 g/mol. The second-order valence-electron chi connectivity index (χ2n) is 8.92. The minimum Gasteiger partial charge on any atom is -0.478 e. The van der Waals surface area contributed by atoms with E-state index in [1.54, 1.807) is 42.5 Å². The van der Waals surface area contributed by atoms with E-state index in [9.17, 15) is 19.5 Å². The summed E-state index contributed by atoms with van der Waals surface area (Å²) in [4.78, 5) is 43.6. The van der Waals surface area contributed by atoms with Crippen LogP contribution >= 0.6 is 0 Å². The molecule has 1 aromatic heterocycles. The van der Waals surface area contributed by atoms with E-state index in [-0.39, 0.29) is 23.0 Å². The molecule has 0 radical (unpaired) electrons. The first-order valence-electron chi connectivity index (χ1n) is 11.7. The van der Waals surface area contributed by atoms with Crippen molar-refractivity contribution in [3.05, 3.63) is 114 Å². The zero-order valence-electron chi connectivity index (χ0n) is 19.8. The molecule has 0 saturated carbocycles. The predicted octanol–water partition coefficient (Wildman–Crippen LogP) is 6.34. The normalized spacial score (nSPS) is 13.9. The third kappa shape index (κ3) is 3.76. The number of para-hydroxylation sites is 1. The van der Waals surface area contributed by atoms with Gasteiger partial charge in [-0.3, -0.25) is 14.5 Å². The van der Waals surface area contributed by atoms with E-state index in [1.165, 1.54) is 17.9 Å². The molecule has 0 fully saturated rings. The van der Waals surface area contributed by atoms with Crippen LogP contribution in [0.3, 0.4) is 0 Å². The number of ketones is 1. The third-order valence-corrected chi connectivity index (χ3v) is 6.60. The lowest BCUT2D eigenvalue weighted by Gasteiger charge is -2.16. The molecular formula is C31H20N2O4. The first-order valence-corrected chi connectivity index (χ1v) is 11.7. The van der Waals surface area contributed by atoms with E-state index in [4.69, 9.17) is 4.98 Å². The highest BCUT2D eigenvalue weighted by molar-refractivity contribution is 6.26. The molecule has 1 aliphatic rings. The summed E-state index contributed by atoms with van der Waals surface area (Å²) in [6, 6.07) is 27.7. The first-order chi connectivity index (χ1) is 17.9. The van der Waals surface area contributed by atoms with Crippen LogP contribution in [0.2, 0.25) is 0 Å². The van der Waals surface area contributed by atoms with Crippen molar-refractivity contribution in [1.82, 2.24) is 4.98 Å². The van der Waals surface area contributed by atoms with Gasteiger partial charge in [0.1, 0.15) is 0 Å². The van der Waals surface area contributed by atoms with Crippen LogP contribution in [0.25, 0.3) is 38.9 Å². The smallest absolute Gasteiger partial charge is 0.335 e. The van der Waals surface area contributed by atoms with Crippen LogP contribution in [-0.4, -0.2) is 27.8 Å². The highest BCUT2D eigenvalue weighted by Crippen LogP contribution is 2.37. The van der Waals surface area contributed by atoms with Gasteiger partial charge in [-0.25, -0.2) is 9.78 Å². The van der Waals surface area contributed by atoms with Crippen LogP contribution in [0, 0.1) is 0 Å². The third-order valence-electron chi connectivity index (χ3n) is 6.60. The fourth-order valence-corrected chi connectivity index (χ4v) is 4.89. The molecule has 0 aliphatic carbocycles. The molecule has 5 aromatic rings. The van der Waals surface area contributed by atoms with Crippen LogP contribution in [0.15, 0.2) is 96.7 Å². The highest BCUT2D eigenvalue weighted by Gasteiger charge is 2.34. The molecule has 37 heavy (non-hydrogen) atoms. The zero-order chi connectivity index (χ0) is 25.7. The van der Waals surface area contributed by atoms with Crippen LogP contribution in [0.1, 0.15) is 33.3 Å². The van der Waals surface area contributed by atoms with Gasteiger partial charge in [-0.05, 0) is 70.4 Å².